The van der Waals surface area contributed by atoms with Crippen molar-refractivity contribution in [2.75, 3.05) is 11.9 Å². The molecule has 2 N–H and O–H groups in total. The van der Waals surface area contributed by atoms with E-state index in [0.717, 1.165) is 22.3 Å². The van der Waals surface area contributed by atoms with E-state index in [1.807, 2.05) is 13.0 Å². The second-order valence-electron chi connectivity index (χ2n) is 5.02. The molecule has 0 atom stereocenters. The number of nitrogens with one attached hydrogen (secondary N) is 1. The van der Waals surface area contributed by atoms with Gasteiger partial charge in [0.05, 0.1) is 5.01 Å². The number of hydrogen-bond acceptors (Lipinski definition) is 6. The fraction of sp³-hybridized carbons (Fsp3) is 0.429. The maximum absolute atomic E-state index is 10.8. The molecule has 0 saturated heterocycles. The van der Waals surface area contributed by atoms with Crippen LogP contribution in [-0.4, -0.2) is 32.6 Å². The summed E-state index contributed by atoms with van der Waals surface area (Å²) in [6, 6.07) is 1.90. The second kappa shape index (κ2) is 6.62. The number of nitrogens with zero attached hydrogens (tertiary/aromatic N) is 3. The number of anilines is 1. The highest BCUT2D eigenvalue weighted by Gasteiger charge is 2.09. The van der Waals surface area contributed by atoms with Crippen LogP contribution in [0.3, 0.4) is 0 Å². The number of rotatable bonds is 6. The van der Waals surface area contributed by atoms with Crippen LogP contribution in [0.15, 0.2) is 11.4 Å². The summed E-state index contributed by atoms with van der Waals surface area (Å²) < 4.78 is 0. The number of hydrogen-bond donors (Lipinski definition) is 2. The van der Waals surface area contributed by atoms with Gasteiger partial charge in [-0.15, -0.1) is 11.3 Å². The van der Waals surface area contributed by atoms with E-state index in [1.165, 1.54) is 11.3 Å². The Bertz CT molecular complexity index is 640. The first-order valence-corrected chi connectivity index (χ1v) is 7.61. The molecule has 0 aromatic carbocycles. The minimum absolute atomic E-state index is 0.106. The Morgan fingerprint density at radius 1 is 1.38 bits per heavy atom. The summed E-state index contributed by atoms with van der Waals surface area (Å²) in [5.41, 5.74) is 1.04. The summed E-state index contributed by atoms with van der Waals surface area (Å²) in [5.74, 6) is 0.905. The minimum Gasteiger partial charge on any atom is -0.476 e. The Labute approximate surface area is 127 Å². The van der Waals surface area contributed by atoms with Crippen LogP contribution in [0, 0.1) is 6.92 Å². The van der Waals surface area contributed by atoms with Crippen LogP contribution in [-0.2, 0) is 6.42 Å². The van der Waals surface area contributed by atoms with Gasteiger partial charge >= 0.3 is 5.97 Å². The van der Waals surface area contributed by atoms with E-state index in [9.17, 15) is 4.79 Å². The van der Waals surface area contributed by atoms with E-state index < -0.39 is 5.97 Å². The molecule has 0 aliphatic rings. The van der Waals surface area contributed by atoms with Crippen LogP contribution in [0.2, 0.25) is 0 Å². The van der Waals surface area contributed by atoms with E-state index in [-0.39, 0.29) is 11.6 Å². The van der Waals surface area contributed by atoms with Gasteiger partial charge in [0.25, 0.3) is 0 Å². The lowest BCUT2D eigenvalue weighted by Gasteiger charge is -2.09. The number of carboxylic acid groups (broad SMARTS) is 1. The highest BCUT2D eigenvalue weighted by atomic mass is 32.1. The molecule has 0 saturated carbocycles. The summed E-state index contributed by atoms with van der Waals surface area (Å²) >= 11 is 1.36. The molecule has 2 aromatic rings. The number of carbonyl (C=O) groups is 1. The predicted molar refractivity (Wildman–Crippen MR) is 82.1 cm³/mol. The molecule has 2 rings (SSSR count). The fourth-order valence-electron chi connectivity index (χ4n) is 1.76. The Morgan fingerprint density at radius 2 is 2.14 bits per heavy atom. The molecule has 0 unspecified atom stereocenters. The number of aryl methyl sites for hydroxylation is 1. The third-order valence-corrected chi connectivity index (χ3v) is 3.71. The van der Waals surface area contributed by atoms with Gasteiger partial charge in [-0.3, -0.25) is 0 Å². The van der Waals surface area contributed by atoms with Crippen molar-refractivity contribution in [3.63, 3.8) is 0 Å². The van der Waals surface area contributed by atoms with Gasteiger partial charge in [0.2, 0.25) is 0 Å². The van der Waals surface area contributed by atoms with Gasteiger partial charge in [-0.2, -0.15) is 0 Å². The van der Waals surface area contributed by atoms with Crippen molar-refractivity contribution in [2.24, 2.45) is 0 Å². The minimum atomic E-state index is -0.988. The topological polar surface area (TPSA) is 88.0 Å². The van der Waals surface area contributed by atoms with Crippen molar-refractivity contribution in [3.8, 4) is 0 Å². The van der Waals surface area contributed by atoms with Gasteiger partial charge in [0, 0.05) is 36.0 Å². The average molecular weight is 306 g/mol. The van der Waals surface area contributed by atoms with Gasteiger partial charge < -0.3 is 10.4 Å². The van der Waals surface area contributed by atoms with E-state index in [2.05, 4.69) is 34.1 Å². The smallest absolute Gasteiger partial charge is 0.355 e. The monoisotopic (exact) mass is 306 g/mol. The summed E-state index contributed by atoms with van der Waals surface area (Å²) in [6.07, 6.45) is 0.665. The molecule has 2 heterocycles. The Balaban J connectivity index is 1.95. The van der Waals surface area contributed by atoms with Crippen molar-refractivity contribution in [1.29, 1.82) is 0 Å². The van der Waals surface area contributed by atoms with Crippen LogP contribution in [0.25, 0.3) is 0 Å². The molecular formula is C14H18N4O2S. The molecule has 2 aromatic heterocycles. The third-order valence-electron chi connectivity index (χ3n) is 2.80. The molecular weight excluding hydrogens is 288 g/mol. The first-order valence-electron chi connectivity index (χ1n) is 6.73. The van der Waals surface area contributed by atoms with Crippen molar-refractivity contribution in [2.45, 2.75) is 33.1 Å². The molecule has 21 heavy (non-hydrogen) atoms. The van der Waals surface area contributed by atoms with Crippen LogP contribution in [0.5, 0.6) is 0 Å². The lowest BCUT2D eigenvalue weighted by molar-refractivity contribution is 0.0691. The fourth-order valence-corrected chi connectivity index (χ4v) is 2.53. The highest BCUT2D eigenvalue weighted by Crippen LogP contribution is 2.14. The van der Waals surface area contributed by atoms with Gasteiger partial charge in [0.15, 0.2) is 5.69 Å². The van der Waals surface area contributed by atoms with Crippen molar-refractivity contribution >= 4 is 23.1 Å². The standard InChI is InChI=1S/C14H18N4O2S/c1-8(2)13-16-9(3)6-11(18-13)15-5-4-12-17-10(7-21-12)14(19)20/h6-8H,4-5H2,1-3H3,(H,19,20)(H,15,16,18). The Kier molecular flexibility index (Phi) is 4.85. The molecule has 0 spiro atoms. The van der Waals surface area contributed by atoms with Crippen molar-refractivity contribution in [1.82, 2.24) is 15.0 Å². The van der Waals surface area contributed by atoms with Crippen LogP contribution in [0.4, 0.5) is 5.82 Å². The highest BCUT2D eigenvalue weighted by molar-refractivity contribution is 7.09. The van der Waals surface area contributed by atoms with Crippen LogP contribution < -0.4 is 5.32 Å². The first-order chi connectivity index (χ1) is 9.95. The normalized spacial score (nSPS) is 10.9. The Morgan fingerprint density at radius 3 is 2.76 bits per heavy atom. The van der Waals surface area contributed by atoms with E-state index >= 15 is 0 Å². The van der Waals surface area contributed by atoms with E-state index in [4.69, 9.17) is 5.11 Å². The molecule has 0 bridgehead atoms. The van der Waals surface area contributed by atoms with E-state index in [0.29, 0.717) is 13.0 Å². The predicted octanol–water partition coefficient (Wildman–Crippen LogP) is 2.72. The zero-order valence-electron chi connectivity index (χ0n) is 12.3. The molecule has 0 aliphatic carbocycles. The number of thiazole rings is 1. The zero-order valence-corrected chi connectivity index (χ0v) is 13.1. The van der Waals surface area contributed by atoms with Crippen LogP contribution >= 0.6 is 11.3 Å². The quantitative estimate of drug-likeness (QED) is 0.853. The lowest BCUT2D eigenvalue weighted by atomic mass is 10.2. The van der Waals surface area contributed by atoms with Crippen LogP contribution in [0.1, 0.15) is 46.8 Å². The average Bonchev–Trinajstić information content (AvgIpc) is 2.87. The second-order valence-corrected chi connectivity index (χ2v) is 5.96. The number of carboxylic acids is 1. The number of aromatic carboxylic acids is 1. The Hall–Kier alpha value is -2.02. The molecule has 0 aliphatic heterocycles. The molecule has 7 heteroatoms. The summed E-state index contributed by atoms with van der Waals surface area (Å²) in [4.78, 5) is 23.7. The van der Waals surface area contributed by atoms with Gasteiger partial charge in [-0.1, -0.05) is 13.8 Å². The van der Waals surface area contributed by atoms with Gasteiger partial charge in [-0.25, -0.2) is 19.7 Å². The maximum Gasteiger partial charge on any atom is 0.355 e. The summed E-state index contributed by atoms with van der Waals surface area (Å²) in [5, 5.41) is 14.4. The maximum atomic E-state index is 10.8. The van der Waals surface area contributed by atoms with Crippen molar-refractivity contribution in [3.05, 3.63) is 33.7 Å². The lowest BCUT2D eigenvalue weighted by Crippen LogP contribution is -2.09. The zero-order chi connectivity index (χ0) is 15.4. The van der Waals surface area contributed by atoms with Gasteiger partial charge in [0.1, 0.15) is 11.6 Å². The molecule has 112 valence electrons. The van der Waals surface area contributed by atoms with Gasteiger partial charge in [-0.05, 0) is 6.92 Å². The summed E-state index contributed by atoms with van der Waals surface area (Å²) in [7, 11) is 0. The molecule has 0 radical (unpaired) electrons. The molecule has 6 nitrogen and oxygen atoms in total. The van der Waals surface area contributed by atoms with Crippen molar-refractivity contribution < 1.29 is 9.90 Å². The molecule has 0 amide bonds. The number of aromatic nitrogens is 3. The molecule has 0 fully saturated rings. The largest absolute Gasteiger partial charge is 0.476 e. The first kappa shape index (κ1) is 15.4. The van der Waals surface area contributed by atoms with E-state index in [1.54, 1.807) is 5.38 Å². The SMILES string of the molecule is Cc1cc(NCCc2nc(C(=O)O)cs2)nc(C(C)C)n1. The summed E-state index contributed by atoms with van der Waals surface area (Å²) in [6.45, 7) is 6.71. The third kappa shape index (κ3) is 4.22.